The summed E-state index contributed by atoms with van der Waals surface area (Å²) in [5, 5.41) is 6.61. The highest BCUT2D eigenvalue weighted by molar-refractivity contribution is 7.09. The van der Waals surface area contributed by atoms with Crippen LogP contribution in [0.5, 0.6) is 0 Å². The lowest BCUT2D eigenvalue weighted by molar-refractivity contribution is 0.0288. The maximum atomic E-state index is 12.0. The summed E-state index contributed by atoms with van der Waals surface area (Å²) in [7, 11) is 0. The first kappa shape index (κ1) is 16.2. The van der Waals surface area contributed by atoms with Crippen molar-refractivity contribution in [2.24, 2.45) is 5.92 Å². The molecule has 1 aromatic heterocycles. The summed E-state index contributed by atoms with van der Waals surface area (Å²) in [6.45, 7) is 10.3. The van der Waals surface area contributed by atoms with Crippen LogP contribution in [-0.2, 0) is 4.74 Å². The number of hydrogen-bond donors (Lipinski definition) is 1. The van der Waals surface area contributed by atoms with Gasteiger partial charge in [-0.2, -0.15) is 0 Å². The van der Waals surface area contributed by atoms with Crippen molar-refractivity contribution < 1.29 is 9.53 Å². The SMILES string of the molecule is C[C@@H](NC[C@@H]1CCN(C(=O)OC(C)(C)C)C1)c1nccs1. The fourth-order valence-corrected chi connectivity index (χ4v) is 3.04. The zero-order valence-corrected chi connectivity index (χ0v) is 14.1. The van der Waals surface area contributed by atoms with Crippen LogP contribution >= 0.6 is 11.3 Å². The topological polar surface area (TPSA) is 54.5 Å². The largest absolute Gasteiger partial charge is 0.444 e. The molecule has 0 aromatic carbocycles. The lowest BCUT2D eigenvalue weighted by Crippen LogP contribution is -2.36. The number of likely N-dealkylation sites (tertiary alicyclic amines) is 1. The zero-order chi connectivity index (χ0) is 15.5. The molecule has 1 saturated heterocycles. The van der Waals surface area contributed by atoms with Gasteiger partial charge in [-0.25, -0.2) is 9.78 Å². The molecule has 21 heavy (non-hydrogen) atoms. The summed E-state index contributed by atoms with van der Waals surface area (Å²) >= 11 is 1.67. The van der Waals surface area contributed by atoms with Gasteiger partial charge < -0.3 is 15.0 Å². The minimum atomic E-state index is -0.424. The molecule has 1 fully saturated rings. The molecular formula is C15H25N3O2S. The Morgan fingerprint density at radius 3 is 3.00 bits per heavy atom. The van der Waals surface area contributed by atoms with Crippen molar-refractivity contribution in [2.45, 2.75) is 45.8 Å². The van der Waals surface area contributed by atoms with E-state index in [4.69, 9.17) is 4.74 Å². The van der Waals surface area contributed by atoms with Crippen molar-refractivity contribution in [2.75, 3.05) is 19.6 Å². The number of carbonyl (C=O) groups excluding carboxylic acids is 1. The maximum absolute atomic E-state index is 12.0. The predicted octanol–water partition coefficient (Wildman–Crippen LogP) is 3.05. The Hall–Kier alpha value is -1.14. The lowest BCUT2D eigenvalue weighted by atomic mass is 10.1. The van der Waals surface area contributed by atoms with E-state index in [0.29, 0.717) is 5.92 Å². The third-order valence-electron chi connectivity index (χ3n) is 3.47. The Morgan fingerprint density at radius 1 is 1.62 bits per heavy atom. The fraction of sp³-hybridized carbons (Fsp3) is 0.733. The Labute approximate surface area is 130 Å². The van der Waals surface area contributed by atoms with Crippen molar-refractivity contribution in [1.29, 1.82) is 0 Å². The van der Waals surface area contributed by atoms with Gasteiger partial charge in [-0.15, -0.1) is 11.3 Å². The Kier molecular flexibility index (Phi) is 5.22. The first-order valence-corrected chi connectivity index (χ1v) is 8.34. The first-order chi connectivity index (χ1) is 9.85. The molecule has 1 aliphatic heterocycles. The molecule has 0 bridgehead atoms. The molecule has 2 atom stereocenters. The molecule has 1 aliphatic rings. The van der Waals surface area contributed by atoms with Gasteiger partial charge in [-0.1, -0.05) is 0 Å². The van der Waals surface area contributed by atoms with E-state index in [0.717, 1.165) is 31.1 Å². The van der Waals surface area contributed by atoms with Crippen molar-refractivity contribution >= 4 is 17.4 Å². The summed E-state index contributed by atoms with van der Waals surface area (Å²) in [6.07, 6.45) is 2.66. The first-order valence-electron chi connectivity index (χ1n) is 7.46. The number of nitrogens with one attached hydrogen (secondary N) is 1. The minimum absolute atomic E-state index is 0.196. The predicted molar refractivity (Wildman–Crippen MR) is 84.4 cm³/mol. The number of nitrogens with zero attached hydrogens (tertiary/aromatic N) is 2. The molecule has 0 saturated carbocycles. The highest BCUT2D eigenvalue weighted by atomic mass is 32.1. The van der Waals surface area contributed by atoms with Gasteiger partial charge in [0.25, 0.3) is 0 Å². The van der Waals surface area contributed by atoms with Gasteiger partial charge in [0.2, 0.25) is 0 Å². The normalized spacial score (nSPS) is 20.6. The van der Waals surface area contributed by atoms with E-state index in [2.05, 4.69) is 17.2 Å². The summed E-state index contributed by atoms with van der Waals surface area (Å²) < 4.78 is 5.41. The average Bonchev–Trinajstić information content (AvgIpc) is 3.05. The summed E-state index contributed by atoms with van der Waals surface area (Å²) in [6, 6.07) is 0.264. The molecule has 0 unspecified atom stereocenters. The van der Waals surface area contributed by atoms with E-state index in [9.17, 15) is 4.79 Å². The van der Waals surface area contributed by atoms with Crippen molar-refractivity contribution in [3.8, 4) is 0 Å². The van der Waals surface area contributed by atoms with Gasteiger partial charge in [-0.3, -0.25) is 0 Å². The number of thiazole rings is 1. The van der Waals surface area contributed by atoms with E-state index in [-0.39, 0.29) is 12.1 Å². The molecule has 118 valence electrons. The van der Waals surface area contributed by atoms with E-state index >= 15 is 0 Å². The van der Waals surface area contributed by atoms with E-state index < -0.39 is 5.60 Å². The summed E-state index contributed by atoms with van der Waals surface area (Å²) in [5.41, 5.74) is -0.424. The molecule has 2 heterocycles. The average molecular weight is 311 g/mol. The van der Waals surface area contributed by atoms with Crippen molar-refractivity contribution in [1.82, 2.24) is 15.2 Å². The number of amides is 1. The molecule has 6 heteroatoms. The number of carbonyl (C=O) groups is 1. The van der Waals surface area contributed by atoms with Crippen LogP contribution in [0.25, 0.3) is 0 Å². The van der Waals surface area contributed by atoms with Gasteiger partial charge >= 0.3 is 6.09 Å². The Bertz CT molecular complexity index is 456. The standard InChI is InChI=1S/C15H25N3O2S/c1-11(13-16-6-8-21-13)17-9-12-5-7-18(10-12)14(19)20-15(2,3)4/h6,8,11-12,17H,5,7,9-10H2,1-4H3/t11-,12+/m1/s1. The fourth-order valence-electron chi connectivity index (χ4n) is 2.37. The molecule has 2 rings (SSSR count). The Morgan fingerprint density at radius 2 is 2.38 bits per heavy atom. The molecule has 0 spiro atoms. The lowest BCUT2D eigenvalue weighted by Gasteiger charge is -2.24. The second-order valence-corrected chi connectivity index (χ2v) is 7.51. The van der Waals surface area contributed by atoms with Crippen LogP contribution in [0.4, 0.5) is 4.79 Å². The van der Waals surface area contributed by atoms with E-state index in [1.165, 1.54) is 0 Å². The van der Waals surface area contributed by atoms with Gasteiger partial charge in [0.05, 0.1) is 6.04 Å². The van der Waals surface area contributed by atoms with Crippen LogP contribution in [0.3, 0.4) is 0 Å². The second-order valence-electron chi connectivity index (χ2n) is 6.58. The van der Waals surface area contributed by atoms with E-state index in [1.807, 2.05) is 37.2 Å². The monoisotopic (exact) mass is 311 g/mol. The quantitative estimate of drug-likeness (QED) is 0.928. The number of rotatable bonds is 4. The highest BCUT2D eigenvalue weighted by Crippen LogP contribution is 2.20. The molecule has 5 nitrogen and oxygen atoms in total. The van der Waals surface area contributed by atoms with Crippen LogP contribution in [0, 0.1) is 5.92 Å². The highest BCUT2D eigenvalue weighted by Gasteiger charge is 2.29. The van der Waals surface area contributed by atoms with Gasteiger partial charge in [0.1, 0.15) is 10.6 Å². The molecule has 0 aliphatic carbocycles. The molecule has 1 aromatic rings. The number of aromatic nitrogens is 1. The summed E-state index contributed by atoms with van der Waals surface area (Å²) in [4.78, 5) is 18.1. The van der Waals surface area contributed by atoms with Crippen LogP contribution in [-0.4, -0.2) is 41.2 Å². The zero-order valence-electron chi connectivity index (χ0n) is 13.3. The maximum Gasteiger partial charge on any atom is 0.410 e. The van der Waals surface area contributed by atoms with Crippen molar-refractivity contribution in [3.63, 3.8) is 0 Å². The van der Waals surface area contributed by atoms with Gasteiger partial charge in [0, 0.05) is 31.2 Å². The third-order valence-corrected chi connectivity index (χ3v) is 4.43. The molecule has 0 radical (unpaired) electrons. The molecule has 1 amide bonds. The van der Waals surface area contributed by atoms with E-state index in [1.54, 1.807) is 11.3 Å². The van der Waals surface area contributed by atoms with Crippen molar-refractivity contribution in [3.05, 3.63) is 16.6 Å². The Balaban J connectivity index is 1.74. The van der Waals surface area contributed by atoms with Crippen LogP contribution in [0.2, 0.25) is 0 Å². The van der Waals surface area contributed by atoms with Gasteiger partial charge in [-0.05, 0) is 40.0 Å². The summed E-state index contributed by atoms with van der Waals surface area (Å²) in [5.74, 6) is 0.486. The second kappa shape index (κ2) is 6.75. The van der Waals surface area contributed by atoms with Gasteiger partial charge in [0.15, 0.2) is 0 Å². The van der Waals surface area contributed by atoms with Crippen LogP contribution < -0.4 is 5.32 Å². The molecule has 1 N–H and O–H groups in total. The smallest absolute Gasteiger partial charge is 0.410 e. The minimum Gasteiger partial charge on any atom is -0.444 e. The number of ether oxygens (including phenoxy) is 1. The van der Waals surface area contributed by atoms with Crippen LogP contribution in [0.1, 0.15) is 45.2 Å². The molecular weight excluding hydrogens is 286 g/mol. The number of hydrogen-bond acceptors (Lipinski definition) is 5. The third kappa shape index (κ3) is 4.97. The van der Waals surface area contributed by atoms with Crippen LogP contribution in [0.15, 0.2) is 11.6 Å².